The molecular weight excluding hydrogens is 300 g/mol. The monoisotopic (exact) mass is 338 g/mol. The van der Waals surface area contributed by atoms with Crippen LogP contribution in [0.4, 0.5) is 4.79 Å². The van der Waals surface area contributed by atoms with E-state index in [4.69, 9.17) is 9.47 Å². The Bertz CT molecular complexity index is 389. The molecule has 0 radical (unpaired) electrons. The molecule has 4 atom stereocenters. The minimum Gasteiger partial charge on any atom is -0.431 e. The van der Waals surface area contributed by atoms with Gasteiger partial charge in [0.1, 0.15) is 12.2 Å². The molecule has 140 valence electrons. The summed E-state index contributed by atoms with van der Waals surface area (Å²) in [4.78, 5) is 12.2. The van der Waals surface area contributed by atoms with Crippen molar-refractivity contribution in [2.24, 2.45) is 22.7 Å². The fourth-order valence-corrected chi connectivity index (χ4v) is 4.84. The van der Waals surface area contributed by atoms with Gasteiger partial charge in [-0.15, -0.1) is 0 Å². The Morgan fingerprint density at radius 1 is 0.833 bits per heavy atom. The van der Waals surface area contributed by atoms with Crippen LogP contribution in [0.5, 0.6) is 0 Å². The van der Waals surface area contributed by atoms with Crippen molar-refractivity contribution in [3.8, 4) is 0 Å². The molecule has 2 aliphatic carbocycles. The van der Waals surface area contributed by atoms with Crippen LogP contribution in [0.25, 0.3) is 0 Å². The van der Waals surface area contributed by atoms with Crippen molar-refractivity contribution in [3.63, 3.8) is 0 Å². The summed E-state index contributed by atoms with van der Waals surface area (Å²) in [6, 6.07) is 0. The Morgan fingerprint density at radius 2 is 1.21 bits per heavy atom. The molecule has 3 nitrogen and oxygen atoms in total. The van der Waals surface area contributed by atoms with Gasteiger partial charge in [-0.3, -0.25) is 0 Å². The summed E-state index contributed by atoms with van der Waals surface area (Å²) in [7, 11) is 0. The predicted molar refractivity (Wildman–Crippen MR) is 98.0 cm³/mol. The normalized spacial score (nSPS) is 31.8. The topological polar surface area (TPSA) is 35.5 Å². The molecular formula is C21H38O3. The smallest absolute Gasteiger partial charge is 0.431 e. The van der Waals surface area contributed by atoms with E-state index < -0.39 is 6.16 Å². The van der Waals surface area contributed by atoms with Crippen LogP contribution in [0, 0.1) is 22.7 Å². The SMILES string of the molecule is CC(OC(=O)OC(C)C1CCCC(C)(C)C1)C1CCCC(C)(C)C1. The molecule has 2 rings (SSSR count). The Labute approximate surface area is 148 Å². The van der Waals surface area contributed by atoms with Gasteiger partial charge in [-0.25, -0.2) is 4.79 Å². The quantitative estimate of drug-likeness (QED) is 0.560. The van der Waals surface area contributed by atoms with Crippen LogP contribution in [0.3, 0.4) is 0 Å². The first-order valence-corrected chi connectivity index (χ1v) is 9.95. The molecule has 0 amide bonds. The van der Waals surface area contributed by atoms with Gasteiger partial charge in [0.15, 0.2) is 0 Å². The fourth-order valence-electron chi connectivity index (χ4n) is 4.84. The summed E-state index contributed by atoms with van der Waals surface area (Å²) in [6.45, 7) is 13.3. The van der Waals surface area contributed by atoms with E-state index in [0.29, 0.717) is 22.7 Å². The third kappa shape index (κ3) is 5.67. The molecule has 3 heteroatoms. The number of hydrogen-bond donors (Lipinski definition) is 0. The highest BCUT2D eigenvalue weighted by Gasteiger charge is 2.35. The van der Waals surface area contributed by atoms with Crippen LogP contribution >= 0.6 is 0 Å². The van der Waals surface area contributed by atoms with Crippen molar-refractivity contribution in [2.75, 3.05) is 0 Å². The van der Waals surface area contributed by atoms with Crippen LogP contribution in [0.2, 0.25) is 0 Å². The second-order valence-corrected chi connectivity index (χ2v) is 9.94. The molecule has 2 aliphatic rings. The maximum absolute atomic E-state index is 12.2. The number of rotatable bonds is 4. The molecule has 0 saturated heterocycles. The summed E-state index contributed by atoms with van der Waals surface area (Å²) in [5, 5.41) is 0. The average Bonchev–Trinajstić information content (AvgIpc) is 2.44. The van der Waals surface area contributed by atoms with Crippen LogP contribution in [-0.2, 0) is 9.47 Å². The Kier molecular flexibility index (Phi) is 6.25. The van der Waals surface area contributed by atoms with Gasteiger partial charge < -0.3 is 9.47 Å². The standard InChI is InChI=1S/C21H38O3/c1-15(17-9-7-11-20(3,4)13-17)23-19(22)24-16(2)18-10-8-12-21(5,6)14-18/h15-18H,7-14H2,1-6H3. The Hall–Kier alpha value is -0.730. The molecule has 2 fully saturated rings. The fraction of sp³-hybridized carbons (Fsp3) is 0.952. The lowest BCUT2D eigenvalue weighted by Crippen LogP contribution is -2.35. The molecule has 0 aromatic rings. The first-order chi connectivity index (χ1) is 11.1. The van der Waals surface area contributed by atoms with Crippen molar-refractivity contribution < 1.29 is 14.3 Å². The lowest BCUT2D eigenvalue weighted by Gasteiger charge is -2.38. The molecule has 2 saturated carbocycles. The van der Waals surface area contributed by atoms with Gasteiger partial charge in [-0.05, 0) is 75.0 Å². The molecule has 0 spiro atoms. The molecule has 4 unspecified atom stereocenters. The number of carbonyl (C=O) groups excluding carboxylic acids is 1. The first kappa shape index (κ1) is 19.6. The van der Waals surface area contributed by atoms with Gasteiger partial charge in [0.05, 0.1) is 0 Å². The largest absolute Gasteiger partial charge is 0.508 e. The second kappa shape index (κ2) is 7.66. The van der Waals surface area contributed by atoms with Crippen molar-refractivity contribution in [2.45, 2.75) is 105 Å². The molecule has 0 aromatic carbocycles. The third-order valence-electron chi connectivity index (χ3n) is 6.38. The van der Waals surface area contributed by atoms with E-state index in [-0.39, 0.29) is 12.2 Å². The van der Waals surface area contributed by atoms with E-state index in [2.05, 4.69) is 27.7 Å². The molecule has 0 N–H and O–H groups in total. The van der Waals surface area contributed by atoms with Crippen molar-refractivity contribution in [1.29, 1.82) is 0 Å². The maximum atomic E-state index is 12.2. The summed E-state index contributed by atoms with van der Waals surface area (Å²) >= 11 is 0. The minimum absolute atomic E-state index is 0.0490. The third-order valence-corrected chi connectivity index (χ3v) is 6.38. The Morgan fingerprint density at radius 3 is 1.54 bits per heavy atom. The summed E-state index contributed by atoms with van der Waals surface area (Å²) < 4.78 is 11.3. The van der Waals surface area contributed by atoms with E-state index in [1.807, 2.05) is 13.8 Å². The van der Waals surface area contributed by atoms with Crippen molar-refractivity contribution in [3.05, 3.63) is 0 Å². The van der Waals surface area contributed by atoms with Crippen molar-refractivity contribution >= 4 is 6.16 Å². The molecule has 0 heterocycles. The zero-order valence-electron chi connectivity index (χ0n) is 16.7. The Balaban J connectivity index is 1.79. The van der Waals surface area contributed by atoms with Gasteiger partial charge >= 0.3 is 6.16 Å². The van der Waals surface area contributed by atoms with Crippen molar-refractivity contribution in [1.82, 2.24) is 0 Å². The number of hydrogen-bond acceptors (Lipinski definition) is 3. The van der Waals surface area contributed by atoms with Gasteiger partial charge in [0.25, 0.3) is 0 Å². The molecule has 0 aromatic heterocycles. The molecule has 0 aliphatic heterocycles. The zero-order valence-corrected chi connectivity index (χ0v) is 16.7. The first-order valence-electron chi connectivity index (χ1n) is 9.95. The van der Waals surface area contributed by atoms with Crippen LogP contribution in [0.15, 0.2) is 0 Å². The molecule has 0 bridgehead atoms. The summed E-state index contributed by atoms with van der Waals surface area (Å²) in [5.41, 5.74) is 0.733. The highest BCUT2D eigenvalue weighted by atomic mass is 16.7. The van der Waals surface area contributed by atoms with Gasteiger partial charge in [-0.2, -0.15) is 0 Å². The minimum atomic E-state index is -0.471. The van der Waals surface area contributed by atoms with Crippen LogP contribution in [0.1, 0.15) is 92.9 Å². The van der Waals surface area contributed by atoms with E-state index in [1.54, 1.807) is 0 Å². The molecule has 24 heavy (non-hydrogen) atoms. The number of ether oxygens (including phenoxy) is 2. The summed E-state index contributed by atoms with van der Waals surface area (Å²) in [6.07, 6.45) is 9.02. The summed E-state index contributed by atoms with van der Waals surface area (Å²) in [5.74, 6) is 0.926. The maximum Gasteiger partial charge on any atom is 0.508 e. The second-order valence-electron chi connectivity index (χ2n) is 9.94. The van der Waals surface area contributed by atoms with Crippen LogP contribution < -0.4 is 0 Å². The predicted octanol–water partition coefficient (Wildman–Crippen LogP) is 6.35. The highest BCUT2D eigenvalue weighted by molar-refractivity contribution is 5.60. The van der Waals surface area contributed by atoms with Gasteiger partial charge in [0.2, 0.25) is 0 Å². The zero-order chi connectivity index (χ0) is 18.0. The van der Waals surface area contributed by atoms with E-state index in [9.17, 15) is 4.79 Å². The van der Waals surface area contributed by atoms with Gasteiger partial charge in [0, 0.05) is 0 Å². The average molecular weight is 339 g/mol. The lowest BCUT2D eigenvalue weighted by molar-refractivity contribution is -0.0423. The highest BCUT2D eigenvalue weighted by Crippen LogP contribution is 2.41. The number of carbonyl (C=O) groups is 1. The van der Waals surface area contributed by atoms with Crippen LogP contribution in [-0.4, -0.2) is 18.4 Å². The van der Waals surface area contributed by atoms with E-state index in [0.717, 1.165) is 25.7 Å². The van der Waals surface area contributed by atoms with E-state index in [1.165, 1.54) is 25.7 Å². The van der Waals surface area contributed by atoms with Gasteiger partial charge in [-0.1, -0.05) is 40.5 Å². The lowest BCUT2D eigenvalue weighted by atomic mass is 9.71. The van der Waals surface area contributed by atoms with E-state index >= 15 is 0 Å².